The van der Waals surface area contributed by atoms with Gasteiger partial charge in [0.25, 0.3) is 0 Å². The van der Waals surface area contributed by atoms with Crippen molar-refractivity contribution in [1.82, 2.24) is 4.90 Å². The second-order valence-corrected chi connectivity index (χ2v) is 7.93. The number of hydrogen-bond donors (Lipinski definition) is 1. The van der Waals surface area contributed by atoms with Crippen LogP contribution in [0.2, 0.25) is 0 Å². The summed E-state index contributed by atoms with van der Waals surface area (Å²) in [6.07, 6.45) is 24.0. The summed E-state index contributed by atoms with van der Waals surface area (Å²) in [5.74, 6) is 0. The van der Waals surface area contributed by atoms with Crippen molar-refractivity contribution in [1.29, 1.82) is 0 Å². The summed E-state index contributed by atoms with van der Waals surface area (Å²) in [5.41, 5.74) is 5.64. The fourth-order valence-electron chi connectivity index (χ4n) is 3.59. The van der Waals surface area contributed by atoms with Crippen LogP contribution < -0.4 is 5.73 Å². The third-order valence-corrected chi connectivity index (χ3v) is 5.36. The molecule has 0 aliphatic heterocycles. The van der Waals surface area contributed by atoms with E-state index in [0.29, 0.717) is 0 Å². The smallest absolute Gasteiger partial charge is 0.00896 e. The summed E-state index contributed by atoms with van der Waals surface area (Å²) in [7, 11) is 4.43. The van der Waals surface area contributed by atoms with Crippen molar-refractivity contribution in [2.75, 3.05) is 20.6 Å². The van der Waals surface area contributed by atoms with Crippen LogP contribution in [0.25, 0.3) is 0 Å². The minimum Gasteiger partial charge on any atom is -0.330 e. The molecule has 2 heteroatoms. The lowest BCUT2D eigenvalue weighted by Gasteiger charge is -2.24. The fourth-order valence-corrected chi connectivity index (χ4v) is 3.59. The molecular formula is C22H48N2. The van der Waals surface area contributed by atoms with Crippen LogP contribution >= 0.6 is 0 Å². The molecule has 146 valence electrons. The first-order valence-electron chi connectivity index (χ1n) is 11.1. The Balaban J connectivity index is 3.24. The van der Waals surface area contributed by atoms with Gasteiger partial charge in [0, 0.05) is 6.04 Å². The normalized spacial score (nSPS) is 12.9. The Bertz CT molecular complexity index is 228. The van der Waals surface area contributed by atoms with Crippen molar-refractivity contribution < 1.29 is 0 Å². The molecule has 0 saturated heterocycles. The molecule has 0 radical (unpaired) electrons. The Kier molecular flexibility index (Phi) is 19.2. The summed E-state index contributed by atoms with van der Waals surface area (Å²) < 4.78 is 0. The van der Waals surface area contributed by atoms with Crippen molar-refractivity contribution in [3.05, 3.63) is 0 Å². The quantitative estimate of drug-likeness (QED) is 0.271. The number of hydrogen-bond acceptors (Lipinski definition) is 2. The van der Waals surface area contributed by atoms with E-state index in [4.69, 9.17) is 5.73 Å². The molecule has 1 unspecified atom stereocenters. The molecule has 2 N–H and O–H groups in total. The van der Waals surface area contributed by atoms with E-state index < -0.39 is 0 Å². The van der Waals surface area contributed by atoms with Crippen molar-refractivity contribution in [2.24, 2.45) is 5.73 Å². The number of nitrogens with two attached hydrogens (primary N) is 1. The minimum absolute atomic E-state index is 0.742. The van der Waals surface area contributed by atoms with Crippen molar-refractivity contribution in [3.8, 4) is 0 Å². The summed E-state index contributed by atoms with van der Waals surface area (Å²) in [5, 5.41) is 0. The standard InChI is InChI=1S/C22H48N2/c1-4-5-6-7-8-9-10-11-12-13-14-15-16-17-19-22(24(2)3)20-18-21-23/h22H,4-21,23H2,1-3H3. The predicted molar refractivity (Wildman–Crippen MR) is 111 cm³/mol. The van der Waals surface area contributed by atoms with Gasteiger partial charge >= 0.3 is 0 Å². The molecule has 0 heterocycles. The SMILES string of the molecule is CCCCCCCCCCCCCCCCC(CCCN)N(C)C. The zero-order chi connectivity index (χ0) is 17.9. The Labute approximate surface area is 154 Å². The van der Waals surface area contributed by atoms with Gasteiger partial charge < -0.3 is 10.6 Å². The molecule has 1 atom stereocenters. The average Bonchev–Trinajstić information content (AvgIpc) is 2.57. The van der Waals surface area contributed by atoms with E-state index in [9.17, 15) is 0 Å². The maximum absolute atomic E-state index is 5.64. The molecule has 0 spiro atoms. The van der Waals surface area contributed by atoms with Crippen molar-refractivity contribution >= 4 is 0 Å². The summed E-state index contributed by atoms with van der Waals surface area (Å²) >= 11 is 0. The molecular weight excluding hydrogens is 292 g/mol. The fraction of sp³-hybridized carbons (Fsp3) is 1.00. The highest BCUT2D eigenvalue weighted by molar-refractivity contribution is 4.66. The molecule has 0 aliphatic carbocycles. The van der Waals surface area contributed by atoms with Crippen molar-refractivity contribution in [2.45, 2.75) is 122 Å². The van der Waals surface area contributed by atoms with E-state index in [1.54, 1.807) is 0 Å². The lowest BCUT2D eigenvalue weighted by atomic mass is 10.0. The van der Waals surface area contributed by atoms with E-state index in [2.05, 4.69) is 25.9 Å². The van der Waals surface area contributed by atoms with E-state index in [0.717, 1.165) is 12.6 Å². The van der Waals surface area contributed by atoms with Gasteiger partial charge in [0.1, 0.15) is 0 Å². The molecule has 0 fully saturated rings. The number of unbranched alkanes of at least 4 members (excludes halogenated alkanes) is 13. The highest BCUT2D eigenvalue weighted by atomic mass is 15.1. The van der Waals surface area contributed by atoms with Gasteiger partial charge in [-0.15, -0.1) is 0 Å². The molecule has 0 amide bonds. The highest BCUT2D eigenvalue weighted by Crippen LogP contribution is 2.16. The van der Waals surface area contributed by atoms with E-state index in [1.165, 1.54) is 109 Å². The Hall–Kier alpha value is -0.0800. The van der Waals surface area contributed by atoms with Crippen LogP contribution in [0.1, 0.15) is 116 Å². The average molecular weight is 341 g/mol. The van der Waals surface area contributed by atoms with Crippen LogP contribution in [-0.2, 0) is 0 Å². The third kappa shape index (κ3) is 16.8. The lowest BCUT2D eigenvalue weighted by Crippen LogP contribution is -2.28. The van der Waals surface area contributed by atoms with Gasteiger partial charge in [0.15, 0.2) is 0 Å². The first kappa shape index (κ1) is 23.9. The maximum Gasteiger partial charge on any atom is 0.00896 e. The van der Waals surface area contributed by atoms with Gasteiger partial charge in [-0.1, -0.05) is 96.8 Å². The van der Waals surface area contributed by atoms with Crippen molar-refractivity contribution in [3.63, 3.8) is 0 Å². The Morgan fingerprint density at radius 2 is 0.958 bits per heavy atom. The monoisotopic (exact) mass is 340 g/mol. The summed E-state index contributed by atoms with van der Waals surface area (Å²) in [4.78, 5) is 2.39. The van der Waals surface area contributed by atoms with Gasteiger partial charge in [-0.2, -0.15) is 0 Å². The van der Waals surface area contributed by atoms with E-state index >= 15 is 0 Å². The van der Waals surface area contributed by atoms with Gasteiger partial charge in [-0.25, -0.2) is 0 Å². The predicted octanol–water partition coefficient (Wildman–Crippen LogP) is 6.53. The van der Waals surface area contributed by atoms with Crippen LogP contribution in [0.5, 0.6) is 0 Å². The van der Waals surface area contributed by atoms with Gasteiger partial charge in [-0.3, -0.25) is 0 Å². The molecule has 0 saturated carbocycles. The van der Waals surface area contributed by atoms with Gasteiger partial charge in [-0.05, 0) is 39.9 Å². The molecule has 0 aromatic rings. The topological polar surface area (TPSA) is 29.3 Å². The molecule has 24 heavy (non-hydrogen) atoms. The summed E-state index contributed by atoms with van der Waals surface area (Å²) in [6, 6.07) is 0.742. The maximum atomic E-state index is 5.64. The van der Waals surface area contributed by atoms with Crippen LogP contribution in [0.15, 0.2) is 0 Å². The Morgan fingerprint density at radius 1 is 0.583 bits per heavy atom. The molecule has 0 aromatic carbocycles. The first-order valence-corrected chi connectivity index (χ1v) is 11.1. The zero-order valence-electron chi connectivity index (χ0n) is 17.3. The number of rotatable bonds is 19. The molecule has 0 bridgehead atoms. The largest absolute Gasteiger partial charge is 0.330 e. The third-order valence-electron chi connectivity index (χ3n) is 5.36. The second-order valence-electron chi connectivity index (χ2n) is 7.93. The number of nitrogens with zero attached hydrogens (tertiary/aromatic N) is 1. The van der Waals surface area contributed by atoms with Crippen LogP contribution in [-0.4, -0.2) is 31.6 Å². The second kappa shape index (κ2) is 19.2. The molecule has 2 nitrogen and oxygen atoms in total. The Morgan fingerprint density at radius 3 is 1.33 bits per heavy atom. The van der Waals surface area contributed by atoms with E-state index in [-0.39, 0.29) is 0 Å². The van der Waals surface area contributed by atoms with E-state index in [1.807, 2.05) is 0 Å². The van der Waals surface area contributed by atoms with Crippen LogP contribution in [0.4, 0.5) is 0 Å². The highest BCUT2D eigenvalue weighted by Gasteiger charge is 2.09. The van der Waals surface area contributed by atoms with Crippen LogP contribution in [0.3, 0.4) is 0 Å². The minimum atomic E-state index is 0.742. The molecule has 0 rings (SSSR count). The summed E-state index contributed by atoms with van der Waals surface area (Å²) in [6.45, 7) is 3.13. The lowest BCUT2D eigenvalue weighted by molar-refractivity contribution is 0.254. The zero-order valence-corrected chi connectivity index (χ0v) is 17.3. The molecule has 0 aromatic heterocycles. The van der Waals surface area contributed by atoms with Gasteiger partial charge in [0.05, 0.1) is 0 Å². The molecule has 0 aliphatic rings. The first-order chi connectivity index (χ1) is 11.7. The van der Waals surface area contributed by atoms with Gasteiger partial charge in [0.2, 0.25) is 0 Å². The van der Waals surface area contributed by atoms with Crippen LogP contribution in [0, 0.1) is 0 Å².